The van der Waals surface area contributed by atoms with Crippen LogP contribution in [-0.4, -0.2) is 51.9 Å². The Morgan fingerprint density at radius 1 is 1.06 bits per heavy atom. The first-order valence-corrected chi connectivity index (χ1v) is 10.5. The SMILES string of the molecule is O=C(c1ccc(Nc2cncc(-c3cc4ccccc4[nH]3)n2)cc1Cl)N1CCNCC1. The molecule has 2 aromatic carbocycles. The molecule has 7 nitrogen and oxygen atoms in total. The van der Waals surface area contributed by atoms with Gasteiger partial charge < -0.3 is 20.5 Å². The number of benzene rings is 2. The van der Waals surface area contributed by atoms with Gasteiger partial charge in [-0.15, -0.1) is 0 Å². The van der Waals surface area contributed by atoms with Crippen molar-refractivity contribution in [3.05, 3.63) is 71.5 Å². The minimum absolute atomic E-state index is 0.0429. The van der Waals surface area contributed by atoms with Gasteiger partial charge in [0.15, 0.2) is 0 Å². The van der Waals surface area contributed by atoms with Crippen molar-refractivity contribution in [3.8, 4) is 11.4 Å². The number of hydrogen-bond donors (Lipinski definition) is 3. The van der Waals surface area contributed by atoms with Crippen molar-refractivity contribution >= 4 is 39.9 Å². The van der Waals surface area contributed by atoms with Crippen molar-refractivity contribution in [1.82, 2.24) is 25.2 Å². The predicted octanol–water partition coefficient (Wildman–Crippen LogP) is 4.07. The summed E-state index contributed by atoms with van der Waals surface area (Å²) >= 11 is 6.44. The fourth-order valence-corrected chi connectivity index (χ4v) is 3.98. The third-order valence-electron chi connectivity index (χ3n) is 5.32. The minimum atomic E-state index is -0.0429. The van der Waals surface area contributed by atoms with Gasteiger partial charge in [0.1, 0.15) is 11.5 Å². The zero-order valence-corrected chi connectivity index (χ0v) is 17.5. The Bertz CT molecular complexity index is 1210. The van der Waals surface area contributed by atoms with Crippen LogP contribution in [0, 0.1) is 0 Å². The summed E-state index contributed by atoms with van der Waals surface area (Å²) in [6.07, 6.45) is 3.37. The predicted molar refractivity (Wildman–Crippen MR) is 123 cm³/mol. The van der Waals surface area contributed by atoms with E-state index in [0.29, 0.717) is 29.5 Å². The molecule has 1 fully saturated rings. The number of hydrogen-bond acceptors (Lipinski definition) is 5. The number of H-pyrrole nitrogens is 1. The molecule has 3 N–H and O–H groups in total. The summed E-state index contributed by atoms with van der Waals surface area (Å²) in [5.74, 6) is 0.548. The number of rotatable bonds is 4. The summed E-state index contributed by atoms with van der Waals surface area (Å²) in [4.78, 5) is 26.9. The second-order valence-electron chi connectivity index (χ2n) is 7.42. The maximum atomic E-state index is 12.7. The van der Waals surface area contributed by atoms with E-state index in [1.165, 1.54) is 0 Å². The van der Waals surface area contributed by atoms with Gasteiger partial charge in [0, 0.05) is 42.8 Å². The number of anilines is 2. The quantitative estimate of drug-likeness (QED) is 0.452. The van der Waals surface area contributed by atoms with Crippen LogP contribution >= 0.6 is 11.6 Å². The highest BCUT2D eigenvalue weighted by Crippen LogP contribution is 2.26. The van der Waals surface area contributed by atoms with Crippen molar-refractivity contribution in [2.45, 2.75) is 0 Å². The van der Waals surface area contributed by atoms with Gasteiger partial charge in [-0.3, -0.25) is 9.78 Å². The number of aromatic amines is 1. The van der Waals surface area contributed by atoms with E-state index in [9.17, 15) is 4.79 Å². The molecule has 1 saturated heterocycles. The molecule has 1 aliphatic rings. The normalized spacial score (nSPS) is 14.0. The number of carbonyl (C=O) groups excluding carboxylic acids is 1. The Hall–Kier alpha value is -3.42. The lowest BCUT2D eigenvalue weighted by Gasteiger charge is -2.27. The second-order valence-corrected chi connectivity index (χ2v) is 7.83. The number of aromatic nitrogens is 3. The van der Waals surface area contributed by atoms with E-state index in [4.69, 9.17) is 11.6 Å². The maximum Gasteiger partial charge on any atom is 0.255 e. The molecule has 0 saturated carbocycles. The average Bonchev–Trinajstić information content (AvgIpc) is 3.24. The molecule has 0 aliphatic carbocycles. The molecule has 0 bridgehead atoms. The Balaban J connectivity index is 1.35. The lowest BCUT2D eigenvalue weighted by molar-refractivity contribution is 0.0736. The first-order chi connectivity index (χ1) is 15.2. The molecule has 0 spiro atoms. The number of para-hydroxylation sites is 1. The van der Waals surface area contributed by atoms with Crippen molar-refractivity contribution in [3.63, 3.8) is 0 Å². The highest BCUT2D eigenvalue weighted by atomic mass is 35.5. The highest BCUT2D eigenvalue weighted by molar-refractivity contribution is 6.34. The van der Waals surface area contributed by atoms with Crippen molar-refractivity contribution in [2.24, 2.45) is 0 Å². The summed E-state index contributed by atoms with van der Waals surface area (Å²) < 4.78 is 0. The first-order valence-electron chi connectivity index (χ1n) is 10.1. The zero-order valence-electron chi connectivity index (χ0n) is 16.7. The highest BCUT2D eigenvalue weighted by Gasteiger charge is 2.20. The number of carbonyl (C=O) groups is 1. The molecule has 0 radical (unpaired) electrons. The number of amides is 1. The van der Waals surface area contributed by atoms with E-state index >= 15 is 0 Å². The Morgan fingerprint density at radius 3 is 2.71 bits per heavy atom. The topological polar surface area (TPSA) is 85.9 Å². The lowest BCUT2D eigenvalue weighted by atomic mass is 10.1. The van der Waals surface area contributed by atoms with Gasteiger partial charge in [-0.25, -0.2) is 4.98 Å². The van der Waals surface area contributed by atoms with Gasteiger partial charge in [-0.1, -0.05) is 29.8 Å². The average molecular weight is 433 g/mol. The third kappa shape index (κ3) is 4.10. The lowest BCUT2D eigenvalue weighted by Crippen LogP contribution is -2.46. The summed E-state index contributed by atoms with van der Waals surface area (Å²) in [5, 5.41) is 8.00. The van der Waals surface area contributed by atoms with Gasteiger partial charge in [0.25, 0.3) is 5.91 Å². The van der Waals surface area contributed by atoms with Crippen LogP contribution in [0.15, 0.2) is 60.9 Å². The summed E-state index contributed by atoms with van der Waals surface area (Å²) in [7, 11) is 0. The Kier molecular flexibility index (Phi) is 5.28. The van der Waals surface area contributed by atoms with Gasteiger partial charge >= 0.3 is 0 Å². The fourth-order valence-electron chi connectivity index (χ4n) is 3.72. The van der Waals surface area contributed by atoms with Crippen LogP contribution in [0.4, 0.5) is 11.5 Å². The minimum Gasteiger partial charge on any atom is -0.353 e. The largest absolute Gasteiger partial charge is 0.353 e. The first kappa shape index (κ1) is 19.5. The number of nitrogens with one attached hydrogen (secondary N) is 3. The number of fused-ring (bicyclic) bond motifs is 1. The molecular formula is C23H21ClN6O. The van der Waals surface area contributed by atoms with E-state index in [0.717, 1.165) is 41.1 Å². The van der Waals surface area contributed by atoms with E-state index in [1.54, 1.807) is 24.5 Å². The number of nitrogens with zero attached hydrogens (tertiary/aromatic N) is 3. The van der Waals surface area contributed by atoms with Gasteiger partial charge in [0.2, 0.25) is 0 Å². The van der Waals surface area contributed by atoms with Crippen LogP contribution in [0.2, 0.25) is 5.02 Å². The smallest absolute Gasteiger partial charge is 0.255 e. The number of halogens is 1. The number of piperazine rings is 1. The molecule has 1 aliphatic heterocycles. The van der Waals surface area contributed by atoms with E-state index in [1.807, 2.05) is 29.2 Å². The van der Waals surface area contributed by atoms with Gasteiger partial charge in [-0.2, -0.15) is 0 Å². The third-order valence-corrected chi connectivity index (χ3v) is 5.63. The zero-order chi connectivity index (χ0) is 21.2. The molecule has 1 amide bonds. The summed E-state index contributed by atoms with van der Waals surface area (Å²) in [6, 6.07) is 15.5. The monoisotopic (exact) mass is 432 g/mol. The molecule has 0 atom stereocenters. The standard InChI is InChI=1S/C23H21ClN6O/c24-18-12-16(5-6-17(18)23(31)30-9-7-25-8-10-30)27-22-14-26-13-21(29-22)20-11-15-3-1-2-4-19(15)28-20/h1-6,11-14,25,28H,7-10H2,(H,27,29). The summed E-state index contributed by atoms with van der Waals surface area (Å²) in [6.45, 7) is 2.97. The van der Waals surface area contributed by atoms with E-state index in [2.05, 4.69) is 37.7 Å². The molecule has 5 rings (SSSR count). The van der Waals surface area contributed by atoms with Crippen LogP contribution in [0.25, 0.3) is 22.3 Å². The van der Waals surface area contributed by atoms with Gasteiger partial charge in [-0.05, 0) is 30.3 Å². The summed E-state index contributed by atoms with van der Waals surface area (Å²) in [5.41, 5.74) is 3.93. The molecule has 8 heteroatoms. The van der Waals surface area contributed by atoms with Crippen molar-refractivity contribution in [2.75, 3.05) is 31.5 Å². The van der Waals surface area contributed by atoms with Crippen LogP contribution in [-0.2, 0) is 0 Å². The van der Waals surface area contributed by atoms with Crippen LogP contribution in [0.1, 0.15) is 10.4 Å². The molecule has 156 valence electrons. The fraction of sp³-hybridized carbons (Fsp3) is 0.174. The maximum absolute atomic E-state index is 12.7. The van der Waals surface area contributed by atoms with Crippen LogP contribution < -0.4 is 10.6 Å². The van der Waals surface area contributed by atoms with Crippen LogP contribution in [0.5, 0.6) is 0 Å². The van der Waals surface area contributed by atoms with Crippen LogP contribution in [0.3, 0.4) is 0 Å². The molecule has 0 unspecified atom stereocenters. The van der Waals surface area contributed by atoms with Gasteiger partial charge in [0.05, 0.1) is 28.7 Å². The molecule has 31 heavy (non-hydrogen) atoms. The van der Waals surface area contributed by atoms with Crippen molar-refractivity contribution in [1.29, 1.82) is 0 Å². The molecule has 3 heterocycles. The second kappa shape index (κ2) is 8.37. The van der Waals surface area contributed by atoms with E-state index in [-0.39, 0.29) is 5.91 Å². The molecule has 4 aromatic rings. The molecular weight excluding hydrogens is 412 g/mol. The Morgan fingerprint density at radius 2 is 1.90 bits per heavy atom. The van der Waals surface area contributed by atoms with Crippen molar-refractivity contribution < 1.29 is 4.79 Å². The van der Waals surface area contributed by atoms with E-state index < -0.39 is 0 Å². The molecule has 2 aromatic heterocycles. The Labute approximate surface area is 184 Å².